The summed E-state index contributed by atoms with van der Waals surface area (Å²) in [5, 5.41) is 4.11. The molecule has 0 aliphatic rings. The van der Waals surface area contributed by atoms with Gasteiger partial charge in [-0.15, -0.1) is 0 Å². The Morgan fingerprint density at radius 3 is 1.43 bits per heavy atom. The summed E-state index contributed by atoms with van der Waals surface area (Å²) in [5.41, 5.74) is 12.7. The fourth-order valence-electron chi connectivity index (χ4n) is 7.84. The van der Waals surface area contributed by atoms with Crippen LogP contribution in [0.4, 0.5) is 0 Å². The number of hydrogen-bond acceptors (Lipinski definition) is 5. The molecular formula is C51H31N3O2. The first-order chi connectivity index (χ1) is 27.7. The van der Waals surface area contributed by atoms with Gasteiger partial charge in [0.15, 0.2) is 17.5 Å². The number of aromatic nitrogens is 3. The Labute approximate surface area is 322 Å². The smallest absolute Gasteiger partial charge is 0.164 e. The van der Waals surface area contributed by atoms with Crippen LogP contribution in [0.1, 0.15) is 0 Å². The third kappa shape index (κ3) is 5.45. The first-order valence-corrected chi connectivity index (χ1v) is 18.7. The van der Waals surface area contributed by atoms with Gasteiger partial charge in [0.2, 0.25) is 0 Å². The molecule has 0 aliphatic carbocycles. The van der Waals surface area contributed by atoms with E-state index in [4.69, 9.17) is 23.8 Å². The zero-order valence-corrected chi connectivity index (χ0v) is 30.1. The third-order valence-corrected chi connectivity index (χ3v) is 10.6. The van der Waals surface area contributed by atoms with Crippen molar-refractivity contribution in [3.8, 4) is 67.5 Å². The van der Waals surface area contributed by atoms with Crippen molar-refractivity contribution in [3.63, 3.8) is 0 Å². The van der Waals surface area contributed by atoms with Crippen molar-refractivity contribution in [1.29, 1.82) is 0 Å². The Kier molecular flexibility index (Phi) is 7.42. The normalized spacial score (nSPS) is 11.6. The van der Waals surface area contributed by atoms with E-state index in [1.807, 2.05) is 60.7 Å². The minimum absolute atomic E-state index is 0.580. The standard InChI is InChI=1S/C51H31N3O2/c1-4-12-32(13-5-1)34-22-24-36(25-23-34)50-52-49(35-16-8-3-9-17-35)53-51(54-50)41-19-11-21-45-48(41)42-30-38(27-29-43(42)55-45)39-18-10-20-44-47(39)40-28-26-37(31-46(40)56-44)33-14-6-2-7-15-33/h1-31H. The maximum Gasteiger partial charge on any atom is 0.164 e. The summed E-state index contributed by atoms with van der Waals surface area (Å²) in [4.78, 5) is 15.2. The molecule has 5 nitrogen and oxygen atoms in total. The molecule has 0 fully saturated rings. The lowest BCUT2D eigenvalue weighted by atomic mass is 9.96. The lowest BCUT2D eigenvalue weighted by Gasteiger charge is -2.10. The highest BCUT2D eigenvalue weighted by molar-refractivity contribution is 6.16. The summed E-state index contributed by atoms with van der Waals surface area (Å²) in [5.74, 6) is 1.79. The summed E-state index contributed by atoms with van der Waals surface area (Å²) in [6.07, 6.45) is 0. The first-order valence-electron chi connectivity index (χ1n) is 18.7. The predicted octanol–water partition coefficient (Wildman–Crippen LogP) is 13.7. The number of furan rings is 2. The highest BCUT2D eigenvalue weighted by Gasteiger charge is 2.20. The van der Waals surface area contributed by atoms with Gasteiger partial charge in [-0.25, -0.2) is 15.0 Å². The van der Waals surface area contributed by atoms with Crippen LogP contribution in [0.3, 0.4) is 0 Å². The average Bonchev–Trinajstić information content (AvgIpc) is 3.85. The number of nitrogens with zero attached hydrogens (tertiary/aromatic N) is 3. The topological polar surface area (TPSA) is 65.0 Å². The summed E-state index contributed by atoms with van der Waals surface area (Å²) in [6.45, 7) is 0. The van der Waals surface area contributed by atoms with Gasteiger partial charge in [0.05, 0.1) is 0 Å². The maximum absolute atomic E-state index is 6.50. The second-order valence-corrected chi connectivity index (χ2v) is 14.0. The molecule has 0 amide bonds. The molecule has 262 valence electrons. The molecule has 0 saturated heterocycles. The summed E-state index contributed by atoms with van der Waals surface area (Å²) >= 11 is 0. The molecule has 8 aromatic carbocycles. The minimum atomic E-state index is 0.580. The first kappa shape index (κ1) is 31.9. The summed E-state index contributed by atoms with van der Waals surface area (Å²) in [7, 11) is 0. The maximum atomic E-state index is 6.50. The van der Waals surface area contributed by atoms with Crippen molar-refractivity contribution < 1.29 is 8.83 Å². The number of fused-ring (bicyclic) bond motifs is 6. The van der Waals surface area contributed by atoms with E-state index in [1.165, 1.54) is 0 Å². The molecule has 0 N–H and O–H groups in total. The molecule has 11 rings (SSSR count). The van der Waals surface area contributed by atoms with Crippen LogP contribution in [0.15, 0.2) is 197 Å². The van der Waals surface area contributed by atoms with Gasteiger partial charge in [0.25, 0.3) is 0 Å². The molecule has 3 heterocycles. The zero-order valence-electron chi connectivity index (χ0n) is 30.1. The van der Waals surface area contributed by atoms with Gasteiger partial charge in [-0.3, -0.25) is 0 Å². The Hall–Kier alpha value is -7.63. The second kappa shape index (κ2) is 13.0. The van der Waals surface area contributed by atoms with Gasteiger partial charge in [0, 0.05) is 38.2 Å². The fraction of sp³-hybridized carbons (Fsp3) is 0. The Morgan fingerprint density at radius 2 is 0.750 bits per heavy atom. The number of hydrogen-bond donors (Lipinski definition) is 0. The van der Waals surface area contributed by atoms with Gasteiger partial charge in [-0.05, 0) is 69.8 Å². The molecule has 0 saturated carbocycles. The van der Waals surface area contributed by atoms with Crippen LogP contribution in [0, 0.1) is 0 Å². The Balaban J connectivity index is 1.07. The molecule has 0 aliphatic heterocycles. The molecule has 3 aromatic heterocycles. The van der Waals surface area contributed by atoms with Crippen molar-refractivity contribution in [2.45, 2.75) is 0 Å². The van der Waals surface area contributed by atoms with Crippen LogP contribution in [0.25, 0.3) is 111 Å². The van der Waals surface area contributed by atoms with E-state index in [0.717, 1.165) is 93.9 Å². The van der Waals surface area contributed by atoms with E-state index in [2.05, 4.69) is 127 Å². The molecule has 0 radical (unpaired) electrons. The summed E-state index contributed by atoms with van der Waals surface area (Å²) < 4.78 is 13.0. The van der Waals surface area contributed by atoms with Crippen molar-refractivity contribution in [2.24, 2.45) is 0 Å². The Bertz CT molecular complexity index is 3220. The molecular weight excluding hydrogens is 687 g/mol. The van der Waals surface area contributed by atoms with Gasteiger partial charge in [0.1, 0.15) is 22.3 Å². The van der Waals surface area contributed by atoms with Crippen molar-refractivity contribution >= 4 is 43.9 Å². The minimum Gasteiger partial charge on any atom is -0.456 e. The van der Waals surface area contributed by atoms with Crippen LogP contribution in [0.5, 0.6) is 0 Å². The van der Waals surface area contributed by atoms with E-state index >= 15 is 0 Å². The van der Waals surface area contributed by atoms with Gasteiger partial charge >= 0.3 is 0 Å². The van der Waals surface area contributed by atoms with Gasteiger partial charge < -0.3 is 8.83 Å². The fourth-order valence-corrected chi connectivity index (χ4v) is 7.84. The van der Waals surface area contributed by atoms with E-state index < -0.39 is 0 Å². The lowest BCUT2D eigenvalue weighted by molar-refractivity contribution is 0.669. The zero-order chi connectivity index (χ0) is 37.0. The van der Waals surface area contributed by atoms with Crippen LogP contribution in [-0.2, 0) is 0 Å². The number of rotatable bonds is 6. The highest BCUT2D eigenvalue weighted by Crippen LogP contribution is 2.42. The predicted molar refractivity (Wildman–Crippen MR) is 227 cm³/mol. The van der Waals surface area contributed by atoms with Crippen molar-refractivity contribution in [3.05, 3.63) is 188 Å². The van der Waals surface area contributed by atoms with E-state index in [9.17, 15) is 0 Å². The van der Waals surface area contributed by atoms with E-state index in [1.54, 1.807) is 0 Å². The highest BCUT2D eigenvalue weighted by atomic mass is 16.3. The molecule has 0 bridgehead atoms. The molecule has 5 heteroatoms. The van der Waals surface area contributed by atoms with Crippen molar-refractivity contribution in [1.82, 2.24) is 15.0 Å². The lowest BCUT2D eigenvalue weighted by Crippen LogP contribution is -2.00. The summed E-state index contributed by atoms with van der Waals surface area (Å²) in [6, 6.07) is 64.5. The largest absolute Gasteiger partial charge is 0.456 e. The molecule has 11 aromatic rings. The third-order valence-electron chi connectivity index (χ3n) is 10.6. The van der Waals surface area contributed by atoms with Crippen LogP contribution < -0.4 is 0 Å². The van der Waals surface area contributed by atoms with Gasteiger partial charge in [-0.2, -0.15) is 0 Å². The van der Waals surface area contributed by atoms with E-state index in [0.29, 0.717) is 17.5 Å². The quantitative estimate of drug-likeness (QED) is 0.171. The van der Waals surface area contributed by atoms with Crippen LogP contribution in [-0.4, -0.2) is 15.0 Å². The van der Waals surface area contributed by atoms with Crippen LogP contribution in [0.2, 0.25) is 0 Å². The number of benzene rings is 8. The molecule has 0 spiro atoms. The van der Waals surface area contributed by atoms with E-state index in [-0.39, 0.29) is 0 Å². The van der Waals surface area contributed by atoms with Crippen LogP contribution >= 0.6 is 0 Å². The van der Waals surface area contributed by atoms with Crippen molar-refractivity contribution in [2.75, 3.05) is 0 Å². The second-order valence-electron chi connectivity index (χ2n) is 14.0. The molecule has 0 atom stereocenters. The average molecular weight is 718 g/mol. The molecule has 56 heavy (non-hydrogen) atoms. The monoisotopic (exact) mass is 717 g/mol. The van der Waals surface area contributed by atoms with Gasteiger partial charge in [-0.1, -0.05) is 152 Å². The Morgan fingerprint density at radius 1 is 0.268 bits per heavy atom. The SMILES string of the molecule is c1ccc(-c2ccc(-c3nc(-c4ccccc4)nc(-c4cccc5oc6ccc(-c7cccc8oc9cc(-c%10ccccc%10)ccc9c78)cc6c45)n3)cc2)cc1. The molecule has 0 unspecified atom stereocenters.